The first-order chi connectivity index (χ1) is 8.85. The maximum absolute atomic E-state index is 3.93. The van der Waals surface area contributed by atoms with Gasteiger partial charge in [0, 0.05) is 5.54 Å². The number of nitrogens with one attached hydrogen (secondary N) is 1. The highest BCUT2D eigenvalue weighted by atomic mass is 35.5. The SMILES string of the molecule is C=CCC1(NCCc2ccccc2)CCCCC1.Cl. The van der Waals surface area contributed by atoms with Gasteiger partial charge in [-0.3, -0.25) is 0 Å². The first kappa shape index (κ1) is 16.3. The highest BCUT2D eigenvalue weighted by molar-refractivity contribution is 5.85. The summed E-state index contributed by atoms with van der Waals surface area (Å²) in [7, 11) is 0. The molecule has 0 spiro atoms. The van der Waals surface area contributed by atoms with Gasteiger partial charge in [-0.25, -0.2) is 0 Å². The molecule has 0 bridgehead atoms. The van der Waals surface area contributed by atoms with Gasteiger partial charge in [0.05, 0.1) is 0 Å². The van der Waals surface area contributed by atoms with E-state index >= 15 is 0 Å². The monoisotopic (exact) mass is 279 g/mol. The average molecular weight is 280 g/mol. The van der Waals surface area contributed by atoms with Crippen molar-refractivity contribution in [1.82, 2.24) is 5.32 Å². The lowest BCUT2D eigenvalue weighted by atomic mass is 9.79. The van der Waals surface area contributed by atoms with Crippen molar-refractivity contribution in [3.63, 3.8) is 0 Å². The molecule has 0 atom stereocenters. The van der Waals surface area contributed by atoms with Crippen LogP contribution in [0.5, 0.6) is 0 Å². The van der Waals surface area contributed by atoms with Crippen LogP contribution in [0.2, 0.25) is 0 Å². The number of rotatable bonds is 6. The Labute approximate surface area is 123 Å². The zero-order chi connectivity index (χ0) is 12.7. The fraction of sp³-hybridized carbons (Fsp3) is 0.529. The fourth-order valence-electron chi connectivity index (χ4n) is 3.07. The molecule has 1 fully saturated rings. The molecule has 19 heavy (non-hydrogen) atoms. The molecule has 0 saturated heterocycles. The van der Waals surface area contributed by atoms with Crippen LogP contribution in [-0.2, 0) is 6.42 Å². The highest BCUT2D eigenvalue weighted by Gasteiger charge is 2.29. The molecule has 1 aromatic rings. The standard InChI is InChI=1S/C17H25N.ClH/c1-2-12-17(13-7-4-8-14-17)18-15-11-16-9-5-3-6-10-16;/h2-3,5-6,9-10,18H,1,4,7-8,11-15H2;1H. The van der Waals surface area contributed by atoms with E-state index in [1.807, 2.05) is 0 Å². The molecule has 2 heteroatoms. The summed E-state index contributed by atoms with van der Waals surface area (Å²) in [4.78, 5) is 0. The summed E-state index contributed by atoms with van der Waals surface area (Å²) >= 11 is 0. The van der Waals surface area contributed by atoms with Crippen molar-refractivity contribution in [3.05, 3.63) is 48.6 Å². The quantitative estimate of drug-likeness (QED) is 0.755. The van der Waals surface area contributed by atoms with Crippen LogP contribution < -0.4 is 5.32 Å². The Kier molecular flexibility index (Phi) is 7.19. The van der Waals surface area contributed by atoms with Crippen LogP contribution >= 0.6 is 12.4 Å². The molecule has 0 heterocycles. The summed E-state index contributed by atoms with van der Waals surface area (Å²) in [6.07, 6.45) is 11.1. The summed E-state index contributed by atoms with van der Waals surface area (Å²) in [6.45, 7) is 5.01. The Morgan fingerprint density at radius 2 is 1.79 bits per heavy atom. The minimum absolute atomic E-state index is 0. The second kappa shape index (κ2) is 8.39. The van der Waals surface area contributed by atoms with Crippen molar-refractivity contribution in [2.45, 2.75) is 50.5 Å². The maximum atomic E-state index is 3.93. The normalized spacial score (nSPS) is 17.5. The van der Waals surface area contributed by atoms with Gasteiger partial charge < -0.3 is 5.32 Å². The first-order valence-corrected chi connectivity index (χ1v) is 7.24. The van der Waals surface area contributed by atoms with Crippen LogP contribution in [0.1, 0.15) is 44.1 Å². The van der Waals surface area contributed by atoms with E-state index in [2.05, 4.69) is 48.3 Å². The largest absolute Gasteiger partial charge is 0.311 e. The Morgan fingerprint density at radius 3 is 2.42 bits per heavy atom. The Morgan fingerprint density at radius 1 is 1.11 bits per heavy atom. The summed E-state index contributed by atoms with van der Waals surface area (Å²) in [5.74, 6) is 0. The van der Waals surface area contributed by atoms with E-state index in [4.69, 9.17) is 0 Å². The van der Waals surface area contributed by atoms with Gasteiger partial charge in [-0.15, -0.1) is 19.0 Å². The molecule has 0 aliphatic heterocycles. The molecule has 1 nitrogen and oxygen atoms in total. The van der Waals surface area contributed by atoms with Crippen LogP contribution in [0.15, 0.2) is 43.0 Å². The van der Waals surface area contributed by atoms with E-state index in [9.17, 15) is 0 Å². The van der Waals surface area contributed by atoms with Crippen LogP contribution in [-0.4, -0.2) is 12.1 Å². The van der Waals surface area contributed by atoms with Gasteiger partial charge in [-0.05, 0) is 37.8 Å². The van der Waals surface area contributed by atoms with E-state index in [-0.39, 0.29) is 12.4 Å². The van der Waals surface area contributed by atoms with E-state index in [1.165, 1.54) is 37.7 Å². The smallest absolute Gasteiger partial charge is 0.0215 e. The predicted molar refractivity (Wildman–Crippen MR) is 86.0 cm³/mol. The van der Waals surface area contributed by atoms with E-state index in [0.717, 1.165) is 19.4 Å². The maximum Gasteiger partial charge on any atom is 0.0215 e. The molecule has 1 N–H and O–H groups in total. The first-order valence-electron chi connectivity index (χ1n) is 7.24. The Bertz CT molecular complexity index is 355. The summed E-state index contributed by atoms with van der Waals surface area (Å²) in [5, 5.41) is 3.81. The third kappa shape index (κ3) is 5.00. The summed E-state index contributed by atoms with van der Waals surface area (Å²) < 4.78 is 0. The number of hydrogen-bond acceptors (Lipinski definition) is 1. The lowest BCUT2D eigenvalue weighted by Gasteiger charge is -2.38. The molecule has 0 unspecified atom stereocenters. The van der Waals surface area contributed by atoms with Crippen molar-refractivity contribution < 1.29 is 0 Å². The molecule has 106 valence electrons. The molecule has 1 saturated carbocycles. The summed E-state index contributed by atoms with van der Waals surface area (Å²) in [5.41, 5.74) is 1.77. The van der Waals surface area contributed by atoms with Crippen molar-refractivity contribution in [2.75, 3.05) is 6.54 Å². The fourth-order valence-corrected chi connectivity index (χ4v) is 3.07. The predicted octanol–water partition coefficient (Wildman–Crippen LogP) is 4.52. The minimum atomic E-state index is 0. The zero-order valence-electron chi connectivity index (χ0n) is 11.7. The molecule has 0 aromatic heterocycles. The van der Waals surface area contributed by atoms with Gasteiger partial charge in [0.2, 0.25) is 0 Å². The van der Waals surface area contributed by atoms with Gasteiger partial charge in [0.25, 0.3) is 0 Å². The van der Waals surface area contributed by atoms with Gasteiger partial charge in [0.1, 0.15) is 0 Å². The van der Waals surface area contributed by atoms with Crippen LogP contribution in [0.4, 0.5) is 0 Å². The lowest BCUT2D eigenvalue weighted by molar-refractivity contribution is 0.234. The third-order valence-corrected chi connectivity index (χ3v) is 4.10. The van der Waals surface area contributed by atoms with E-state index < -0.39 is 0 Å². The van der Waals surface area contributed by atoms with Crippen LogP contribution in [0.25, 0.3) is 0 Å². The minimum Gasteiger partial charge on any atom is -0.311 e. The van der Waals surface area contributed by atoms with Gasteiger partial charge in [-0.2, -0.15) is 0 Å². The van der Waals surface area contributed by atoms with Crippen LogP contribution in [0.3, 0.4) is 0 Å². The number of benzene rings is 1. The molecule has 1 aromatic carbocycles. The van der Waals surface area contributed by atoms with E-state index in [0.29, 0.717) is 5.54 Å². The van der Waals surface area contributed by atoms with Crippen molar-refractivity contribution in [2.24, 2.45) is 0 Å². The van der Waals surface area contributed by atoms with Crippen molar-refractivity contribution in [3.8, 4) is 0 Å². The Balaban J connectivity index is 0.00000180. The lowest BCUT2D eigenvalue weighted by Crippen LogP contribution is -2.47. The van der Waals surface area contributed by atoms with Crippen LogP contribution in [0, 0.1) is 0 Å². The molecule has 0 amide bonds. The second-order valence-electron chi connectivity index (χ2n) is 5.50. The molecular weight excluding hydrogens is 254 g/mol. The van der Waals surface area contributed by atoms with Gasteiger partial charge in [-0.1, -0.05) is 55.7 Å². The summed E-state index contributed by atoms with van der Waals surface area (Å²) in [6, 6.07) is 10.7. The average Bonchev–Trinajstić information content (AvgIpc) is 2.41. The zero-order valence-corrected chi connectivity index (χ0v) is 12.6. The highest BCUT2D eigenvalue weighted by Crippen LogP contribution is 2.31. The second-order valence-corrected chi connectivity index (χ2v) is 5.50. The van der Waals surface area contributed by atoms with E-state index in [1.54, 1.807) is 0 Å². The molecule has 1 aliphatic rings. The number of hydrogen-bond donors (Lipinski definition) is 1. The molecule has 0 radical (unpaired) electrons. The van der Waals surface area contributed by atoms with Crippen molar-refractivity contribution in [1.29, 1.82) is 0 Å². The number of halogens is 1. The topological polar surface area (TPSA) is 12.0 Å². The van der Waals surface area contributed by atoms with Crippen molar-refractivity contribution >= 4 is 12.4 Å². The third-order valence-electron chi connectivity index (χ3n) is 4.10. The molecular formula is C17H26ClN. The molecule has 2 rings (SSSR count). The van der Waals surface area contributed by atoms with Gasteiger partial charge >= 0.3 is 0 Å². The Hall–Kier alpha value is -0.790. The van der Waals surface area contributed by atoms with Gasteiger partial charge in [0.15, 0.2) is 0 Å². The molecule has 1 aliphatic carbocycles.